The molecule has 2 rings (SSSR count). The molecule has 0 aromatic heterocycles. The number of barbiturate groups is 1. The van der Waals surface area contributed by atoms with E-state index >= 15 is 0 Å². The number of rotatable bonds is 6. The lowest BCUT2D eigenvalue weighted by Gasteiger charge is -2.24. The summed E-state index contributed by atoms with van der Waals surface area (Å²) in [4.78, 5) is 73.6. The summed E-state index contributed by atoms with van der Waals surface area (Å²) >= 11 is 0. The number of urea groups is 1. The maximum absolute atomic E-state index is 11.5. The molecule has 10 nitrogen and oxygen atoms in total. The Labute approximate surface area is 130 Å². The third-order valence-electron chi connectivity index (χ3n) is 3.32. The lowest BCUT2D eigenvalue weighted by molar-refractivity contribution is -0.197. The zero-order valence-electron chi connectivity index (χ0n) is 12.2. The number of carbonyl (C=O) groups is 6. The molecule has 0 aromatic rings. The summed E-state index contributed by atoms with van der Waals surface area (Å²) in [5.41, 5.74) is 0. The van der Waals surface area contributed by atoms with Crippen LogP contribution >= 0.6 is 0 Å². The van der Waals surface area contributed by atoms with Crippen molar-refractivity contribution < 1.29 is 33.6 Å². The van der Waals surface area contributed by atoms with Crippen LogP contribution < -0.4 is 5.32 Å². The van der Waals surface area contributed by atoms with Crippen LogP contribution in [-0.4, -0.2) is 52.1 Å². The first-order chi connectivity index (χ1) is 10.9. The highest BCUT2D eigenvalue weighted by atomic mass is 16.7. The molecule has 23 heavy (non-hydrogen) atoms. The number of hydrogen-bond donors (Lipinski definition) is 1. The minimum atomic E-state index is -0.776. The molecule has 0 atom stereocenters. The average Bonchev–Trinajstić information content (AvgIpc) is 2.77. The molecule has 2 fully saturated rings. The number of carbonyl (C=O) groups excluding carboxylic acids is 6. The first kappa shape index (κ1) is 16.6. The molecule has 124 valence electrons. The van der Waals surface area contributed by atoms with E-state index in [0.717, 1.165) is 4.90 Å². The number of unbranched alkanes of at least 4 members (excludes halogenated alkanes) is 1. The van der Waals surface area contributed by atoms with Gasteiger partial charge in [-0.2, -0.15) is 0 Å². The van der Waals surface area contributed by atoms with Gasteiger partial charge in [0.15, 0.2) is 0 Å². The van der Waals surface area contributed by atoms with Crippen LogP contribution in [0.1, 0.15) is 38.5 Å². The smallest absolute Gasteiger partial charge is 0.330 e. The summed E-state index contributed by atoms with van der Waals surface area (Å²) < 4.78 is 0. The third kappa shape index (κ3) is 4.11. The van der Waals surface area contributed by atoms with Crippen LogP contribution in [0.25, 0.3) is 0 Å². The van der Waals surface area contributed by atoms with Gasteiger partial charge in [0, 0.05) is 25.8 Å². The first-order valence-electron chi connectivity index (χ1n) is 7.09. The van der Waals surface area contributed by atoms with Crippen molar-refractivity contribution in [3.8, 4) is 0 Å². The molecule has 0 aromatic carbocycles. The number of hydroxylamine groups is 2. The van der Waals surface area contributed by atoms with E-state index in [9.17, 15) is 28.8 Å². The lowest BCUT2D eigenvalue weighted by Crippen LogP contribution is -2.52. The van der Waals surface area contributed by atoms with Gasteiger partial charge < -0.3 is 4.84 Å². The van der Waals surface area contributed by atoms with Crippen molar-refractivity contribution in [3.63, 3.8) is 0 Å². The van der Waals surface area contributed by atoms with Gasteiger partial charge in [-0.05, 0) is 12.8 Å². The van der Waals surface area contributed by atoms with Crippen LogP contribution in [0.3, 0.4) is 0 Å². The Morgan fingerprint density at radius 1 is 1.00 bits per heavy atom. The predicted octanol–water partition coefficient (Wildman–Crippen LogP) is -0.768. The van der Waals surface area contributed by atoms with Gasteiger partial charge in [0.25, 0.3) is 11.8 Å². The quantitative estimate of drug-likeness (QED) is 0.385. The monoisotopic (exact) mass is 325 g/mol. The van der Waals surface area contributed by atoms with Crippen molar-refractivity contribution in [2.45, 2.75) is 38.5 Å². The van der Waals surface area contributed by atoms with E-state index in [4.69, 9.17) is 0 Å². The second-order valence-electron chi connectivity index (χ2n) is 5.08. The molecule has 0 radical (unpaired) electrons. The van der Waals surface area contributed by atoms with E-state index < -0.39 is 35.6 Å². The van der Waals surface area contributed by atoms with Crippen LogP contribution in [0.15, 0.2) is 0 Å². The van der Waals surface area contributed by atoms with Gasteiger partial charge in [-0.1, -0.05) is 0 Å². The van der Waals surface area contributed by atoms with Crippen molar-refractivity contribution >= 4 is 35.6 Å². The van der Waals surface area contributed by atoms with Gasteiger partial charge >= 0.3 is 12.0 Å². The SMILES string of the molecule is O=C1CC(=O)N(CCCCC(=O)ON2C(=O)CCC2=O)C(=O)N1. The zero-order valence-corrected chi connectivity index (χ0v) is 12.2. The number of imide groups is 3. The molecule has 0 aliphatic carbocycles. The normalized spacial score (nSPS) is 18.5. The predicted molar refractivity (Wildman–Crippen MR) is 70.9 cm³/mol. The molecule has 6 amide bonds. The number of hydrogen-bond acceptors (Lipinski definition) is 7. The Hall–Kier alpha value is -2.78. The Morgan fingerprint density at radius 3 is 2.26 bits per heavy atom. The molecule has 0 saturated carbocycles. The van der Waals surface area contributed by atoms with Gasteiger partial charge in [-0.15, -0.1) is 5.06 Å². The van der Waals surface area contributed by atoms with E-state index in [1.807, 2.05) is 5.32 Å². The molecular formula is C13H15N3O7. The fourth-order valence-corrected chi connectivity index (χ4v) is 2.15. The molecular weight excluding hydrogens is 310 g/mol. The van der Waals surface area contributed by atoms with Gasteiger partial charge in [0.2, 0.25) is 11.8 Å². The first-order valence-corrected chi connectivity index (χ1v) is 7.09. The highest BCUT2D eigenvalue weighted by Crippen LogP contribution is 2.13. The molecule has 10 heteroatoms. The van der Waals surface area contributed by atoms with E-state index in [1.54, 1.807) is 0 Å². The van der Waals surface area contributed by atoms with Crippen molar-refractivity contribution in [2.24, 2.45) is 0 Å². The highest BCUT2D eigenvalue weighted by molar-refractivity contribution is 6.14. The average molecular weight is 325 g/mol. The Kier molecular flexibility index (Phi) is 5.04. The van der Waals surface area contributed by atoms with Crippen LogP contribution in [0.5, 0.6) is 0 Å². The lowest BCUT2D eigenvalue weighted by atomic mass is 10.2. The van der Waals surface area contributed by atoms with Crippen molar-refractivity contribution in [3.05, 3.63) is 0 Å². The second-order valence-corrected chi connectivity index (χ2v) is 5.08. The zero-order chi connectivity index (χ0) is 17.0. The summed E-state index contributed by atoms with van der Waals surface area (Å²) in [6.45, 7) is 0.0623. The highest BCUT2D eigenvalue weighted by Gasteiger charge is 2.33. The second kappa shape index (κ2) is 6.99. The van der Waals surface area contributed by atoms with E-state index in [-0.39, 0.29) is 32.2 Å². The van der Waals surface area contributed by atoms with Crippen LogP contribution in [0, 0.1) is 0 Å². The summed E-state index contributed by atoms with van der Waals surface area (Å²) in [7, 11) is 0. The minimum Gasteiger partial charge on any atom is -0.330 e. The van der Waals surface area contributed by atoms with E-state index in [1.165, 1.54) is 0 Å². The van der Waals surface area contributed by atoms with Crippen LogP contribution in [0.2, 0.25) is 0 Å². The Morgan fingerprint density at radius 2 is 1.65 bits per heavy atom. The Balaban J connectivity index is 1.69. The molecule has 2 aliphatic heterocycles. The summed E-state index contributed by atoms with van der Waals surface area (Å²) in [6, 6.07) is -0.776. The third-order valence-corrected chi connectivity index (χ3v) is 3.32. The minimum absolute atomic E-state index is 0.0248. The summed E-state index contributed by atoms with van der Waals surface area (Å²) in [5, 5.41) is 2.49. The van der Waals surface area contributed by atoms with E-state index in [2.05, 4.69) is 4.84 Å². The molecule has 0 spiro atoms. The fourth-order valence-electron chi connectivity index (χ4n) is 2.15. The van der Waals surface area contributed by atoms with Crippen LogP contribution in [-0.2, 0) is 28.8 Å². The number of nitrogens with zero attached hydrogens (tertiary/aromatic N) is 2. The van der Waals surface area contributed by atoms with Gasteiger partial charge in [-0.25, -0.2) is 9.59 Å². The molecule has 1 N–H and O–H groups in total. The van der Waals surface area contributed by atoms with Gasteiger partial charge in [-0.3, -0.25) is 29.4 Å². The van der Waals surface area contributed by atoms with Crippen molar-refractivity contribution in [2.75, 3.05) is 6.54 Å². The maximum Gasteiger partial charge on any atom is 0.333 e. The fraction of sp³-hybridized carbons (Fsp3) is 0.538. The maximum atomic E-state index is 11.5. The standard InChI is InChI=1S/C13H15N3O7/c17-8-7-11(20)15(13(22)14-8)6-2-1-3-12(21)23-16-9(18)4-5-10(16)19/h1-7H2,(H,14,17,22). The molecule has 0 unspecified atom stereocenters. The topological polar surface area (TPSA) is 130 Å². The van der Waals surface area contributed by atoms with Crippen molar-refractivity contribution in [1.29, 1.82) is 0 Å². The largest absolute Gasteiger partial charge is 0.333 e. The molecule has 2 aliphatic rings. The van der Waals surface area contributed by atoms with Crippen LogP contribution in [0.4, 0.5) is 4.79 Å². The number of nitrogens with one attached hydrogen (secondary N) is 1. The van der Waals surface area contributed by atoms with Gasteiger partial charge in [0.05, 0.1) is 0 Å². The van der Waals surface area contributed by atoms with E-state index in [0.29, 0.717) is 17.9 Å². The molecule has 2 heterocycles. The summed E-state index contributed by atoms with van der Waals surface area (Å²) in [6.07, 6.45) is 0.213. The van der Waals surface area contributed by atoms with Gasteiger partial charge in [0.1, 0.15) is 6.42 Å². The molecule has 0 bridgehead atoms. The number of amides is 6. The molecule has 2 saturated heterocycles. The Bertz CT molecular complexity index is 550. The summed E-state index contributed by atoms with van der Waals surface area (Å²) in [5.74, 6) is -3.07. The van der Waals surface area contributed by atoms with Crippen molar-refractivity contribution in [1.82, 2.24) is 15.3 Å².